The van der Waals surface area contributed by atoms with Crippen molar-refractivity contribution in [3.63, 3.8) is 0 Å². The minimum absolute atomic E-state index is 0.615. The molecule has 0 saturated heterocycles. The minimum Gasteiger partial charge on any atom is -0.0683 e. The third kappa shape index (κ3) is 6.20. The minimum atomic E-state index is 0.615. The Morgan fingerprint density at radius 3 is 1.50 bits per heavy atom. The van der Waals surface area contributed by atoms with E-state index in [1.807, 2.05) is 19.9 Å². The fourth-order valence-electron chi connectivity index (χ4n) is 2.40. The van der Waals surface area contributed by atoms with Gasteiger partial charge >= 0.3 is 0 Å². The molecule has 0 fully saturated rings. The summed E-state index contributed by atoms with van der Waals surface area (Å²) in [6.07, 6.45) is 0. The van der Waals surface area contributed by atoms with Crippen LogP contribution in [-0.4, -0.2) is 0 Å². The van der Waals surface area contributed by atoms with Crippen molar-refractivity contribution >= 4 is 10.8 Å². The molecule has 0 aliphatic carbocycles. The van der Waals surface area contributed by atoms with Crippen molar-refractivity contribution in [1.82, 2.24) is 0 Å². The fourth-order valence-corrected chi connectivity index (χ4v) is 2.40. The molecule has 0 aliphatic rings. The first kappa shape index (κ1) is 20.0. The lowest BCUT2D eigenvalue weighted by Gasteiger charge is -2.06. The van der Waals surface area contributed by atoms with Crippen molar-refractivity contribution in [3.8, 4) is 0 Å². The van der Waals surface area contributed by atoms with Crippen molar-refractivity contribution < 1.29 is 0 Å². The Kier molecular flexibility index (Phi) is 8.86. The smallest absolute Gasteiger partial charge is 0.0181 e. The number of fused-ring (bicyclic) bond motifs is 1. The van der Waals surface area contributed by atoms with Crippen molar-refractivity contribution in [3.05, 3.63) is 83.9 Å². The first-order chi connectivity index (χ1) is 11.6. The van der Waals surface area contributed by atoms with E-state index in [0.717, 1.165) is 0 Å². The van der Waals surface area contributed by atoms with Crippen LogP contribution in [-0.2, 0) is 0 Å². The van der Waals surface area contributed by atoms with E-state index >= 15 is 0 Å². The van der Waals surface area contributed by atoms with Gasteiger partial charge in [0.05, 0.1) is 0 Å². The van der Waals surface area contributed by atoms with Gasteiger partial charge in [-0.2, -0.15) is 0 Å². The molecule has 3 aromatic carbocycles. The molecule has 0 aromatic heterocycles. The van der Waals surface area contributed by atoms with E-state index < -0.39 is 0 Å². The van der Waals surface area contributed by atoms with E-state index in [9.17, 15) is 0 Å². The van der Waals surface area contributed by atoms with Crippen molar-refractivity contribution in [2.24, 2.45) is 0 Å². The molecule has 0 nitrogen and oxygen atoms in total. The summed E-state index contributed by atoms with van der Waals surface area (Å²) in [6, 6.07) is 25.7. The van der Waals surface area contributed by atoms with Gasteiger partial charge < -0.3 is 0 Å². The molecular weight excluding hydrogens is 288 g/mol. The highest BCUT2D eigenvalue weighted by molar-refractivity contribution is 5.83. The van der Waals surface area contributed by atoms with Crippen LogP contribution in [0, 0.1) is 0 Å². The molecule has 3 aromatic rings. The molecule has 0 unspecified atom stereocenters. The monoisotopic (exact) mass is 320 g/mol. The maximum atomic E-state index is 2.28. The number of hydrogen-bond acceptors (Lipinski definition) is 0. The van der Waals surface area contributed by atoms with Crippen molar-refractivity contribution in [2.75, 3.05) is 0 Å². The lowest BCUT2D eigenvalue weighted by atomic mass is 9.99. The van der Waals surface area contributed by atoms with Gasteiger partial charge in [0.15, 0.2) is 0 Å². The highest BCUT2D eigenvalue weighted by atomic mass is 14.0. The molecule has 0 saturated carbocycles. The second kappa shape index (κ2) is 10.6. The van der Waals surface area contributed by atoms with Crippen LogP contribution in [0.25, 0.3) is 10.8 Å². The summed E-state index contributed by atoms with van der Waals surface area (Å²) >= 11 is 0. The van der Waals surface area contributed by atoms with Crippen LogP contribution in [0.4, 0.5) is 0 Å². The van der Waals surface area contributed by atoms with Gasteiger partial charge in [-0.15, -0.1) is 0 Å². The van der Waals surface area contributed by atoms with Crippen LogP contribution in [0.2, 0.25) is 0 Å². The second-order valence-corrected chi connectivity index (χ2v) is 6.33. The van der Waals surface area contributed by atoms with Crippen LogP contribution in [0.1, 0.15) is 64.5 Å². The summed E-state index contributed by atoms with van der Waals surface area (Å²) in [5.41, 5.74) is 2.83. The van der Waals surface area contributed by atoms with E-state index in [0.29, 0.717) is 11.8 Å². The van der Waals surface area contributed by atoms with Crippen molar-refractivity contribution in [1.29, 1.82) is 0 Å². The summed E-state index contributed by atoms with van der Waals surface area (Å²) < 4.78 is 0. The summed E-state index contributed by atoms with van der Waals surface area (Å²) in [6.45, 7) is 12.9. The van der Waals surface area contributed by atoms with Crippen molar-refractivity contribution in [2.45, 2.75) is 53.4 Å². The Morgan fingerprint density at radius 1 is 0.500 bits per heavy atom. The Morgan fingerprint density at radius 2 is 1.00 bits per heavy atom. The third-order valence-corrected chi connectivity index (χ3v) is 3.91. The molecule has 0 amide bonds. The Bertz CT molecular complexity index is 693. The average molecular weight is 321 g/mol. The van der Waals surface area contributed by atoms with Gasteiger partial charge in [0.1, 0.15) is 0 Å². The van der Waals surface area contributed by atoms with Gasteiger partial charge in [0.25, 0.3) is 0 Å². The zero-order valence-electron chi connectivity index (χ0n) is 16.1. The predicted octanol–water partition coefficient (Wildman–Crippen LogP) is 7.80. The van der Waals surface area contributed by atoms with Gasteiger partial charge in [-0.25, -0.2) is 0 Å². The van der Waals surface area contributed by atoms with E-state index in [4.69, 9.17) is 0 Å². The van der Waals surface area contributed by atoms with Crippen LogP contribution in [0.15, 0.2) is 72.8 Å². The summed E-state index contributed by atoms with van der Waals surface area (Å²) in [7, 11) is 0. The summed E-state index contributed by atoms with van der Waals surface area (Å²) in [4.78, 5) is 0. The molecule has 0 atom stereocenters. The topological polar surface area (TPSA) is 0 Å². The quantitative estimate of drug-likeness (QED) is 0.452. The van der Waals surface area contributed by atoms with Gasteiger partial charge in [0, 0.05) is 0 Å². The second-order valence-electron chi connectivity index (χ2n) is 6.33. The first-order valence-corrected chi connectivity index (χ1v) is 9.11. The highest BCUT2D eigenvalue weighted by Crippen LogP contribution is 2.20. The number of rotatable bonds is 2. The first-order valence-electron chi connectivity index (χ1n) is 9.11. The SMILES string of the molecule is CC.CC(C)c1ccc2ccccc2c1.CC(C)c1ccccc1. The third-order valence-electron chi connectivity index (χ3n) is 3.91. The number of benzene rings is 3. The van der Waals surface area contributed by atoms with E-state index in [2.05, 4.69) is 94.4 Å². The average Bonchev–Trinajstić information content (AvgIpc) is 2.64. The zero-order chi connectivity index (χ0) is 17.9. The molecule has 0 radical (unpaired) electrons. The predicted molar refractivity (Wildman–Crippen MR) is 110 cm³/mol. The summed E-state index contributed by atoms with van der Waals surface area (Å²) in [5, 5.41) is 2.67. The maximum absolute atomic E-state index is 2.28. The molecule has 24 heavy (non-hydrogen) atoms. The van der Waals surface area contributed by atoms with E-state index in [1.165, 1.54) is 21.9 Å². The molecular formula is C24H32. The van der Waals surface area contributed by atoms with Gasteiger partial charge in [-0.3, -0.25) is 0 Å². The lowest BCUT2D eigenvalue weighted by molar-refractivity contribution is 0.867. The molecule has 0 spiro atoms. The van der Waals surface area contributed by atoms with Gasteiger partial charge in [-0.05, 0) is 33.7 Å². The van der Waals surface area contributed by atoms with Crippen LogP contribution in [0.3, 0.4) is 0 Å². The normalized spacial score (nSPS) is 10.0. The van der Waals surface area contributed by atoms with E-state index in [1.54, 1.807) is 0 Å². The van der Waals surface area contributed by atoms with Crippen LogP contribution in [0.5, 0.6) is 0 Å². The zero-order valence-corrected chi connectivity index (χ0v) is 16.1. The van der Waals surface area contributed by atoms with E-state index in [-0.39, 0.29) is 0 Å². The van der Waals surface area contributed by atoms with Crippen LogP contribution >= 0.6 is 0 Å². The summed E-state index contributed by atoms with van der Waals surface area (Å²) in [5.74, 6) is 1.27. The highest BCUT2D eigenvalue weighted by Gasteiger charge is 1.99. The molecule has 0 bridgehead atoms. The standard InChI is InChI=1S/C13H14.C9H12.C2H6/c1-10(2)12-8-7-11-5-3-4-6-13(11)9-12;1-8(2)9-6-4-3-5-7-9;1-2/h3-10H,1-2H3;3-8H,1-2H3;1-2H3. The van der Waals surface area contributed by atoms with Gasteiger partial charge in [0.2, 0.25) is 0 Å². The van der Waals surface area contributed by atoms with Gasteiger partial charge in [-0.1, -0.05) is 114 Å². The molecule has 0 heterocycles. The molecule has 3 rings (SSSR count). The number of hydrogen-bond donors (Lipinski definition) is 0. The Labute approximate surface area is 148 Å². The molecule has 0 N–H and O–H groups in total. The largest absolute Gasteiger partial charge is 0.0683 e. The van der Waals surface area contributed by atoms with Crippen LogP contribution < -0.4 is 0 Å². The fraction of sp³-hybridized carbons (Fsp3) is 0.333. The molecule has 128 valence electrons. The molecule has 0 heteroatoms. The Balaban J connectivity index is 0.000000230. The Hall–Kier alpha value is -2.08. The maximum Gasteiger partial charge on any atom is -0.0181 e. The lowest BCUT2D eigenvalue weighted by Crippen LogP contribution is -1.85. The molecule has 0 aliphatic heterocycles.